The highest BCUT2D eigenvalue weighted by atomic mass is 35.5. The maximum Gasteiger partial charge on any atom is 0.344 e. The fraction of sp³-hybridized carbons (Fsp3) is 0.364. The largest absolute Gasteiger partial charge is 0.482 e. The maximum atomic E-state index is 12.9. The molecule has 1 aliphatic heterocycles. The van der Waals surface area contributed by atoms with Crippen LogP contribution in [0.15, 0.2) is 47.4 Å². The van der Waals surface area contributed by atoms with E-state index in [0.717, 1.165) is 19.3 Å². The number of esters is 1. The van der Waals surface area contributed by atoms with Gasteiger partial charge < -0.3 is 14.8 Å². The van der Waals surface area contributed by atoms with Crippen molar-refractivity contribution < 1.29 is 27.5 Å². The van der Waals surface area contributed by atoms with Gasteiger partial charge in [-0.25, -0.2) is 13.2 Å². The minimum atomic E-state index is -3.63. The quantitative estimate of drug-likeness (QED) is 0.581. The van der Waals surface area contributed by atoms with Crippen LogP contribution in [0.1, 0.15) is 24.8 Å². The number of hydrogen-bond acceptors (Lipinski definition) is 6. The van der Waals surface area contributed by atoms with Crippen molar-refractivity contribution in [3.8, 4) is 5.75 Å². The van der Waals surface area contributed by atoms with Crippen LogP contribution in [0.25, 0.3) is 0 Å². The van der Waals surface area contributed by atoms with Crippen molar-refractivity contribution in [1.29, 1.82) is 0 Å². The summed E-state index contributed by atoms with van der Waals surface area (Å²) < 4.78 is 37.4. The molecular formula is C22H25ClN2O6S. The number of piperidine rings is 1. The van der Waals surface area contributed by atoms with Gasteiger partial charge in [-0.05, 0) is 55.7 Å². The average Bonchev–Trinajstić information content (AvgIpc) is 2.78. The second-order valence-electron chi connectivity index (χ2n) is 7.40. The molecule has 1 saturated heterocycles. The normalized spacial score (nSPS) is 14.6. The Bertz CT molecular complexity index is 1080. The third kappa shape index (κ3) is 6.44. The average molecular weight is 481 g/mol. The summed E-state index contributed by atoms with van der Waals surface area (Å²) in [4.78, 5) is 24.2. The Morgan fingerprint density at radius 1 is 1.06 bits per heavy atom. The van der Waals surface area contributed by atoms with Gasteiger partial charge in [-0.15, -0.1) is 0 Å². The summed E-state index contributed by atoms with van der Waals surface area (Å²) in [6.45, 7) is 1.82. The second-order valence-corrected chi connectivity index (χ2v) is 9.77. The zero-order valence-electron chi connectivity index (χ0n) is 17.7. The van der Waals surface area contributed by atoms with Crippen molar-refractivity contribution in [3.63, 3.8) is 0 Å². The lowest BCUT2D eigenvalue weighted by atomic mass is 10.2. The van der Waals surface area contributed by atoms with Crippen molar-refractivity contribution in [2.75, 3.05) is 31.6 Å². The molecule has 1 heterocycles. The molecule has 0 radical (unpaired) electrons. The minimum Gasteiger partial charge on any atom is -0.482 e. The number of nitrogens with one attached hydrogen (secondary N) is 1. The van der Waals surface area contributed by atoms with Gasteiger partial charge in [0.05, 0.1) is 4.90 Å². The van der Waals surface area contributed by atoms with Crippen molar-refractivity contribution in [2.24, 2.45) is 0 Å². The lowest BCUT2D eigenvalue weighted by Gasteiger charge is -2.26. The van der Waals surface area contributed by atoms with Gasteiger partial charge in [-0.1, -0.05) is 30.2 Å². The van der Waals surface area contributed by atoms with Crippen LogP contribution in [-0.2, 0) is 24.3 Å². The molecule has 1 fully saturated rings. The molecule has 172 valence electrons. The predicted molar refractivity (Wildman–Crippen MR) is 120 cm³/mol. The number of ether oxygens (including phenoxy) is 2. The molecule has 8 nitrogen and oxygen atoms in total. The maximum absolute atomic E-state index is 12.9. The summed E-state index contributed by atoms with van der Waals surface area (Å²) in [5.41, 5.74) is 1.03. The van der Waals surface area contributed by atoms with Crippen molar-refractivity contribution in [3.05, 3.63) is 53.1 Å². The van der Waals surface area contributed by atoms with Crippen molar-refractivity contribution in [1.82, 2.24) is 4.31 Å². The van der Waals surface area contributed by atoms with Gasteiger partial charge >= 0.3 is 5.97 Å². The van der Waals surface area contributed by atoms with E-state index >= 15 is 0 Å². The number of carbonyl (C=O) groups excluding carboxylic acids is 2. The van der Waals surface area contributed by atoms with Crippen LogP contribution >= 0.6 is 11.6 Å². The molecule has 0 unspecified atom stereocenters. The highest BCUT2D eigenvalue weighted by Crippen LogP contribution is 2.25. The monoisotopic (exact) mass is 480 g/mol. The third-order valence-electron chi connectivity index (χ3n) is 4.95. The number of hydrogen-bond donors (Lipinski definition) is 1. The Morgan fingerprint density at radius 2 is 1.81 bits per heavy atom. The summed E-state index contributed by atoms with van der Waals surface area (Å²) in [6.07, 6.45) is 2.69. The van der Waals surface area contributed by atoms with Crippen LogP contribution in [0.4, 0.5) is 5.69 Å². The van der Waals surface area contributed by atoms with Crippen molar-refractivity contribution in [2.45, 2.75) is 31.1 Å². The predicted octanol–water partition coefficient (Wildman–Crippen LogP) is 3.38. The zero-order chi connectivity index (χ0) is 23.1. The number of anilines is 1. The first-order valence-corrected chi connectivity index (χ1v) is 12.0. The topological polar surface area (TPSA) is 102 Å². The fourth-order valence-electron chi connectivity index (χ4n) is 3.22. The van der Waals surface area contributed by atoms with E-state index in [1.54, 1.807) is 37.3 Å². The molecule has 1 aliphatic rings. The number of halogens is 1. The Labute approximate surface area is 192 Å². The van der Waals surface area contributed by atoms with Crippen molar-refractivity contribution >= 4 is 39.2 Å². The number of benzene rings is 2. The van der Waals surface area contributed by atoms with E-state index in [1.807, 2.05) is 0 Å². The van der Waals surface area contributed by atoms with Crippen LogP contribution in [0.2, 0.25) is 5.02 Å². The van der Waals surface area contributed by atoms with E-state index in [-0.39, 0.29) is 11.5 Å². The van der Waals surface area contributed by atoms with Gasteiger partial charge in [0.1, 0.15) is 5.75 Å². The molecule has 1 amide bonds. The van der Waals surface area contributed by atoms with Crippen LogP contribution in [-0.4, -0.2) is 50.9 Å². The highest BCUT2D eigenvalue weighted by molar-refractivity contribution is 7.89. The summed E-state index contributed by atoms with van der Waals surface area (Å²) >= 11 is 5.85. The van der Waals surface area contributed by atoms with Crippen LogP contribution in [0.3, 0.4) is 0 Å². The van der Waals surface area contributed by atoms with E-state index in [0.29, 0.717) is 35.1 Å². The molecule has 0 spiro atoms. The van der Waals surface area contributed by atoms with Gasteiger partial charge in [-0.3, -0.25) is 4.79 Å². The van der Waals surface area contributed by atoms with Gasteiger partial charge in [0.2, 0.25) is 10.0 Å². The zero-order valence-corrected chi connectivity index (χ0v) is 19.2. The van der Waals surface area contributed by atoms with Gasteiger partial charge in [0.25, 0.3) is 5.91 Å². The number of carbonyl (C=O) groups is 2. The smallest absolute Gasteiger partial charge is 0.344 e. The molecule has 0 saturated carbocycles. The molecule has 0 bridgehead atoms. The molecule has 3 rings (SSSR count). The van der Waals surface area contributed by atoms with Gasteiger partial charge in [0, 0.05) is 23.8 Å². The fourth-order valence-corrected chi connectivity index (χ4v) is 4.95. The van der Waals surface area contributed by atoms with E-state index < -0.39 is 28.5 Å². The minimum absolute atomic E-state index is 0.118. The Kier molecular flexibility index (Phi) is 8.11. The summed E-state index contributed by atoms with van der Waals surface area (Å²) in [7, 11) is -3.63. The Morgan fingerprint density at radius 3 is 2.53 bits per heavy atom. The summed E-state index contributed by atoms with van der Waals surface area (Å²) in [6, 6.07) is 11.1. The molecule has 32 heavy (non-hydrogen) atoms. The van der Waals surface area contributed by atoms with Gasteiger partial charge in [0.15, 0.2) is 13.2 Å². The number of nitrogens with zero attached hydrogens (tertiary/aromatic N) is 1. The molecule has 1 N–H and O–H groups in total. The Hall–Kier alpha value is -2.62. The first-order chi connectivity index (χ1) is 15.3. The standard InChI is InChI=1S/C22H25ClN2O6S/c1-16-8-9-19(32(28,29)25-10-3-2-4-11-25)13-20(16)24-21(26)14-31-22(27)15-30-18-7-5-6-17(23)12-18/h5-9,12-13H,2-4,10-11,14-15H2,1H3,(H,24,26). The van der Waals surface area contributed by atoms with E-state index in [2.05, 4.69) is 5.32 Å². The van der Waals surface area contributed by atoms with E-state index in [1.165, 1.54) is 16.4 Å². The lowest BCUT2D eigenvalue weighted by molar-refractivity contribution is -0.149. The molecular weight excluding hydrogens is 456 g/mol. The lowest BCUT2D eigenvalue weighted by Crippen LogP contribution is -2.35. The molecule has 10 heteroatoms. The van der Waals surface area contributed by atoms with Crippen LogP contribution < -0.4 is 10.1 Å². The first kappa shape index (κ1) is 24.0. The number of rotatable bonds is 8. The van der Waals surface area contributed by atoms with E-state index in [4.69, 9.17) is 21.1 Å². The molecule has 0 aliphatic carbocycles. The Balaban J connectivity index is 1.55. The summed E-state index contributed by atoms with van der Waals surface area (Å²) in [5, 5.41) is 3.07. The molecule has 0 aromatic heterocycles. The third-order valence-corrected chi connectivity index (χ3v) is 7.08. The van der Waals surface area contributed by atoms with E-state index in [9.17, 15) is 18.0 Å². The number of amides is 1. The van der Waals surface area contributed by atoms with Crippen LogP contribution in [0, 0.1) is 6.92 Å². The number of aryl methyl sites for hydroxylation is 1. The second kappa shape index (κ2) is 10.8. The van der Waals surface area contributed by atoms with Gasteiger partial charge in [-0.2, -0.15) is 4.31 Å². The summed E-state index contributed by atoms with van der Waals surface area (Å²) in [5.74, 6) is -0.906. The SMILES string of the molecule is Cc1ccc(S(=O)(=O)N2CCCCC2)cc1NC(=O)COC(=O)COc1cccc(Cl)c1. The first-order valence-electron chi connectivity index (χ1n) is 10.2. The molecule has 2 aromatic rings. The molecule has 0 atom stereocenters. The van der Waals surface area contributed by atoms with Crippen LogP contribution in [0.5, 0.6) is 5.75 Å². The highest BCUT2D eigenvalue weighted by Gasteiger charge is 2.26. The number of sulfonamides is 1. The molecule has 2 aromatic carbocycles.